The third-order valence-corrected chi connectivity index (χ3v) is 4.26. The van der Waals surface area contributed by atoms with E-state index >= 15 is 0 Å². The fourth-order valence-corrected chi connectivity index (χ4v) is 2.88. The number of amides is 1. The summed E-state index contributed by atoms with van der Waals surface area (Å²) in [5, 5.41) is 2.64. The predicted octanol–water partition coefficient (Wildman–Crippen LogP) is 3.69. The van der Waals surface area contributed by atoms with Crippen molar-refractivity contribution >= 4 is 39.2 Å². The van der Waals surface area contributed by atoms with Crippen molar-refractivity contribution in [3.8, 4) is 0 Å². The number of rotatable bonds is 3. The monoisotopic (exact) mass is 328 g/mol. The minimum atomic E-state index is -0.362. The molecular weight excluding hydrogens is 315 g/mol. The quantitative estimate of drug-likeness (QED) is 0.720. The van der Waals surface area contributed by atoms with Gasteiger partial charge in [0.2, 0.25) is 5.91 Å². The zero-order valence-electron chi connectivity index (χ0n) is 12.2. The maximum Gasteiger partial charge on any atom is 0.305 e. The molecule has 0 aliphatic carbocycles. The fourth-order valence-electron chi connectivity index (χ4n) is 2.16. The summed E-state index contributed by atoms with van der Waals surface area (Å²) < 4.78 is 14.3. The number of aromatic amines is 1. The average molecular weight is 328 g/mol. The second kappa shape index (κ2) is 6.18. The Labute approximate surface area is 135 Å². The number of thiazole rings is 1. The van der Waals surface area contributed by atoms with Crippen molar-refractivity contribution in [1.29, 1.82) is 0 Å². The SMILES string of the molecule is Cc1c(F)cccc1NC(=O)/C=C/c1ccc2sc(=O)[nH]c2c1. The van der Waals surface area contributed by atoms with Crippen molar-refractivity contribution < 1.29 is 9.18 Å². The van der Waals surface area contributed by atoms with Crippen LogP contribution in [0.1, 0.15) is 11.1 Å². The number of benzene rings is 2. The molecule has 0 spiro atoms. The highest BCUT2D eigenvalue weighted by molar-refractivity contribution is 7.16. The van der Waals surface area contributed by atoms with Crippen molar-refractivity contribution in [2.45, 2.75) is 6.92 Å². The third-order valence-electron chi connectivity index (χ3n) is 3.40. The topological polar surface area (TPSA) is 62.0 Å². The summed E-state index contributed by atoms with van der Waals surface area (Å²) in [6.45, 7) is 1.61. The lowest BCUT2D eigenvalue weighted by Gasteiger charge is -2.06. The van der Waals surface area contributed by atoms with Gasteiger partial charge in [0.15, 0.2) is 0 Å². The van der Waals surface area contributed by atoms with E-state index in [1.807, 2.05) is 12.1 Å². The van der Waals surface area contributed by atoms with Gasteiger partial charge in [-0.1, -0.05) is 23.5 Å². The van der Waals surface area contributed by atoms with E-state index in [0.29, 0.717) is 11.3 Å². The Hall–Kier alpha value is -2.73. The molecule has 0 saturated carbocycles. The number of halogens is 1. The molecule has 0 atom stereocenters. The molecule has 6 heteroatoms. The average Bonchev–Trinajstić information content (AvgIpc) is 2.89. The molecular formula is C17H13FN2O2S. The van der Waals surface area contributed by atoms with E-state index < -0.39 is 0 Å². The maximum absolute atomic E-state index is 13.4. The Morgan fingerprint density at radius 3 is 2.96 bits per heavy atom. The van der Waals surface area contributed by atoms with Crippen LogP contribution in [0.4, 0.5) is 10.1 Å². The van der Waals surface area contributed by atoms with Crippen LogP contribution in [-0.2, 0) is 4.79 Å². The molecule has 1 heterocycles. The number of carbonyl (C=O) groups is 1. The van der Waals surface area contributed by atoms with Crippen molar-refractivity contribution in [2.24, 2.45) is 0 Å². The van der Waals surface area contributed by atoms with Crippen LogP contribution in [0.3, 0.4) is 0 Å². The summed E-state index contributed by atoms with van der Waals surface area (Å²) in [5.41, 5.74) is 2.37. The first-order chi connectivity index (χ1) is 11.0. The van der Waals surface area contributed by atoms with Gasteiger partial charge in [-0.2, -0.15) is 0 Å². The number of fused-ring (bicyclic) bond motifs is 1. The van der Waals surface area contributed by atoms with Gasteiger partial charge in [-0.3, -0.25) is 9.59 Å². The smallest absolute Gasteiger partial charge is 0.305 e. The number of aromatic nitrogens is 1. The molecule has 1 aromatic heterocycles. The molecule has 0 aliphatic heterocycles. The number of nitrogens with one attached hydrogen (secondary N) is 2. The van der Waals surface area contributed by atoms with Crippen molar-refractivity contribution in [3.05, 3.63) is 69.1 Å². The molecule has 3 aromatic rings. The first-order valence-electron chi connectivity index (χ1n) is 6.90. The highest BCUT2D eigenvalue weighted by Gasteiger charge is 2.05. The second-order valence-corrected chi connectivity index (χ2v) is 6.02. The zero-order valence-corrected chi connectivity index (χ0v) is 13.0. The second-order valence-electron chi connectivity index (χ2n) is 5.01. The first kappa shape index (κ1) is 15.2. The Kier molecular flexibility index (Phi) is 4.08. The Bertz CT molecular complexity index is 972. The molecule has 0 radical (unpaired) electrons. The molecule has 3 rings (SSSR count). The van der Waals surface area contributed by atoms with Crippen LogP contribution in [0.5, 0.6) is 0 Å². The van der Waals surface area contributed by atoms with Crippen molar-refractivity contribution in [3.63, 3.8) is 0 Å². The van der Waals surface area contributed by atoms with Crippen molar-refractivity contribution in [1.82, 2.24) is 4.98 Å². The van der Waals surface area contributed by atoms with Crippen LogP contribution in [0.2, 0.25) is 0 Å². The molecule has 0 aliphatic rings. The van der Waals surface area contributed by atoms with Gasteiger partial charge in [0.1, 0.15) is 5.82 Å². The molecule has 2 aromatic carbocycles. The highest BCUT2D eigenvalue weighted by atomic mass is 32.1. The Morgan fingerprint density at radius 1 is 1.30 bits per heavy atom. The van der Waals surface area contributed by atoms with Gasteiger partial charge in [-0.05, 0) is 42.8 Å². The van der Waals surface area contributed by atoms with Gasteiger partial charge in [0.05, 0.1) is 10.2 Å². The van der Waals surface area contributed by atoms with E-state index in [9.17, 15) is 14.0 Å². The Balaban J connectivity index is 1.76. The molecule has 1 amide bonds. The van der Waals surface area contributed by atoms with Gasteiger partial charge in [-0.15, -0.1) is 0 Å². The number of hydrogen-bond donors (Lipinski definition) is 2. The van der Waals surface area contributed by atoms with E-state index in [1.54, 1.807) is 31.2 Å². The first-order valence-corrected chi connectivity index (χ1v) is 7.71. The van der Waals surface area contributed by atoms with Gasteiger partial charge >= 0.3 is 4.87 Å². The lowest BCUT2D eigenvalue weighted by atomic mass is 10.2. The normalized spacial score (nSPS) is 11.2. The van der Waals surface area contributed by atoms with Crippen LogP contribution in [0, 0.1) is 12.7 Å². The minimum Gasteiger partial charge on any atom is -0.322 e. The van der Waals surface area contributed by atoms with Crippen LogP contribution >= 0.6 is 11.3 Å². The molecule has 0 fully saturated rings. The van der Waals surface area contributed by atoms with Crippen LogP contribution in [0.25, 0.3) is 16.3 Å². The lowest BCUT2D eigenvalue weighted by molar-refractivity contribution is -0.111. The molecule has 0 unspecified atom stereocenters. The summed E-state index contributed by atoms with van der Waals surface area (Å²) in [6.07, 6.45) is 3.01. The summed E-state index contributed by atoms with van der Waals surface area (Å²) in [6, 6.07) is 9.98. The largest absolute Gasteiger partial charge is 0.322 e. The van der Waals surface area contributed by atoms with Crippen LogP contribution in [0.15, 0.2) is 47.3 Å². The van der Waals surface area contributed by atoms with Crippen LogP contribution in [-0.4, -0.2) is 10.9 Å². The summed E-state index contributed by atoms with van der Waals surface area (Å²) >= 11 is 1.14. The molecule has 0 saturated heterocycles. The van der Waals surface area contributed by atoms with Crippen molar-refractivity contribution in [2.75, 3.05) is 5.32 Å². The molecule has 0 bridgehead atoms. The molecule has 23 heavy (non-hydrogen) atoms. The standard InChI is InChI=1S/C17H13FN2O2S/c1-10-12(18)3-2-4-13(10)19-16(21)8-6-11-5-7-15-14(9-11)20-17(22)23-15/h2-9H,1H3,(H,19,21)(H,20,22)/b8-6+. The van der Waals surface area contributed by atoms with Gasteiger partial charge in [0.25, 0.3) is 0 Å². The number of H-pyrrole nitrogens is 1. The van der Waals surface area contributed by atoms with Gasteiger partial charge in [-0.25, -0.2) is 4.39 Å². The highest BCUT2D eigenvalue weighted by Crippen LogP contribution is 2.18. The summed E-state index contributed by atoms with van der Waals surface area (Å²) in [5.74, 6) is -0.712. The summed E-state index contributed by atoms with van der Waals surface area (Å²) in [4.78, 5) is 25.8. The number of carbonyl (C=O) groups excluding carboxylic acids is 1. The third kappa shape index (κ3) is 3.37. The lowest BCUT2D eigenvalue weighted by Crippen LogP contribution is -2.09. The van der Waals surface area contributed by atoms with E-state index in [0.717, 1.165) is 27.1 Å². The van der Waals surface area contributed by atoms with E-state index in [4.69, 9.17) is 0 Å². The molecule has 4 nitrogen and oxygen atoms in total. The summed E-state index contributed by atoms with van der Waals surface area (Å²) in [7, 11) is 0. The van der Waals surface area contributed by atoms with Gasteiger partial charge < -0.3 is 10.3 Å². The zero-order chi connectivity index (χ0) is 16.4. The van der Waals surface area contributed by atoms with E-state index in [-0.39, 0.29) is 16.6 Å². The Morgan fingerprint density at radius 2 is 2.13 bits per heavy atom. The minimum absolute atomic E-state index is 0.111. The van der Waals surface area contributed by atoms with E-state index in [2.05, 4.69) is 10.3 Å². The molecule has 116 valence electrons. The fraction of sp³-hybridized carbons (Fsp3) is 0.0588. The van der Waals surface area contributed by atoms with Crippen LogP contribution < -0.4 is 10.2 Å². The molecule has 2 N–H and O–H groups in total. The number of hydrogen-bond acceptors (Lipinski definition) is 3. The van der Waals surface area contributed by atoms with Gasteiger partial charge in [0, 0.05) is 17.3 Å². The number of anilines is 1. The van der Waals surface area contributed by atoms with E-state index in [1.165, 1.54) is 12.1 Å². The maximum atomic E-state index is 13.4. The predicted molar refractivity (Wildman–Crippen MR) is 91.2 cm³/mol.